The Hall–Kier alpha value is -2.31. The second-order valence-corrected chi connectivity index (χ2v) is 10.7. The first kappa shape index (κ1) is 23.4. The molecule has 0 aliphatic carbocycles. The molecule has 1 aromatic carbocycles. The largest absolute Gasteiger partial charge is 0.332 e. The number of likely N-dealkylation sites (N-methyl/N-ethyl adjacent to an activating group) is 1. The highest BCUT2D eigenvalue weighted by atomic mass is 16.1. The number of ketones is 1. The monoisotopic (exact) mass is 461 g/mol. The lowest BCUT2D eigenvalue weighted by atomic mass is 9.91. The van der Waals surface area contributed by atoms with Crippen LogP contribution in [0.5, 0.6) is 0 Å². The topological polar surface area (TPSA) is 52.6 Å². The van der Waals surface area contributed by atoms with Gasteiger partial charge in [-0.3, -0.25) is 14.6 Å². The standard InChI is InChI=1S/C28H39N5O/c1-4-31-18-25-9-10-26(19-31)33(25)28-29-15-24(16-30-28)22-11-13-32(14-12-22)17-21-5-7-23(8-6-21)27(34)20(2)3/h5-8,15-16,20,22,25-26H,4,9-14,17-19H2,1-3H3. The molecule has 6 nitrogen and oxygen atoms in total. The van der Waals surface area contributed by atoms with E-state index in [0.29, 0.717) is 18.0 Å². The molecule has 2 unspecified atom stereocenters. The number of aromatic nitrogens is 2. The fourth-order valence-corrected chi connectivity index (χ4v) is 6.04. The number of likely N-dealkylation sites (tertiary alicyclic amines) is 2. The molecule has 0 amide bonds. The van der Waals surface area contributed by atoms with Crippen LogP contribution in [0.4, 0.5) is 5.95 Å². The number of piperidine rings is 1. The SMILES string of the molecule is CCN1CC2CCC(C1)N2c1ncc(C2CCN(Cc3ccc(C(=O)C(C)C)cc3)CC2)cn1. The molecule has 0 spiro atoms. The van der Waals surface area contributed by atoms with Crippen LogP contribution in [-0.2, 0) is 6.54 Å². The summed E-state index contributed by atoms with van der Waals surface area (Å²) in [6.07, 6.45) is 9.01. The van der Waals surface area contributed by atoms with Crippen molar-refractivity contribution in [2.45, 2.75) is 71.0 Å². The number of piperazine rings is 1. The maximum atomic E-state index is 12.2. The van der Waals surface area contributed by atoms with E-state index in [0.717, 1.165) is 63.6 Å². The predicted octanol–water partition coefficient (Wildman–Crippen LogP) is 4.37. The maximum Gasteiger partial charge on any atom is 0.225 e. The molecule has 5 rings (SSSR count). The lowest BCUT2D eigenvalue weighted by Gasteiger charge is -2.40. The first-order valence-electron chi connectivity index (χ1n) is 13.2. The Balaban J connectivity index is 1.14. The molecule has 0 N–H and O–H groups in total. The summed E-state index contributed by atoms with van der Waals surface area (Å²) in [5.74, 6) is 1.75. The third-order valence-electron chi connectivity index (χ3n) is 8.12. The summed E-state index contributed by atoms with van der Waals surface area (Å²) in [5.41, 5.74) is 3.39. The maximum absolute atomic E-state index is 12.2. The van der Waals surface area contributed by atoms with Crippen molar-refractivity contribution in [3.63, 3.8) is 0 Å². The minimum atomic E-state index is 0.0457. The molecule has 4 heterocycles. The van der Waals surface area contributed by atoms with Gasteiger partial charge in [0.05, 0.1) is 0 Å². The Kier molecular flexibility index (Phi) is 6.98. The van der Waals surface area contributed by atoms with E-state index < -0.39 is 0 Å². The van der Waals surface area contributed by atoms with Crippen LogP contribution in [0.2, 0.25) is 0 Å². The summed E-state index contributed by atoms with van der Waals surface area (Å²) in [4.78, 5) is 29.4. The average molecular weight is 462 g/mol. The van der Waals surface area contributed by atoms with Crippen molar-refractivity contribution in [3.05, 3.63) is 53.3 Å². The van der Waals surface area contributed by atoms with Crippen molar-refractivity contribution in [2.75, 3.05) is 37.6 Å². The smallest absolute Gasteiger partial charge is 0.225 e. The number of nitrogens with zero attached hydrogens (tertiary/aromatic N) is 5. The summed E-state index contributed by atoms with van der Waals surface area (Å²) in [6.45, 7) is 12.7. The first-order valence-corrected chi connectivity index (χ1v) is 13.2. The normalized spacial score (nSPS) is 24.2. The Morgan fingerprint density at radius 1 is 0.941 bits per heavy atom. The van der Waals surface area contributed by atoms with Gasteiger partial charge in [0.1, 0.15) is 0 Å². The second-order valence-electron chi connectivity index (χ2n) is 10.7. The average Bonchev–Trinajstić information content (AvgIpc) is 3.13. The number of benzene rings is 1. The highest BCUT2D eigenvalue weighted by Crippen LogP contribution is 2.34. The lowest BCUT2D eigenvalue weighted by molar-refractivity contribution is 0.0939. The van der Waals surface area contributed by atoms with E-state index in [1.807, 2.05) is 26.0 Å². The van der Waals surface area contributed by atoms with Gasteiger partial charge in [-0.1, -0.05) is 45.0 Å². The predicted molar refractivity (Wildman–Crippen MR) is 136 cm³/mol. The van der Waals surface area contributed by atoms with Gasteiger partial charge in [-0.15, -0.1) is 0 Å². The Morgan fingerprint density at radius 3 is 2.12 bits per heavy atom. The molecule has 2 bridgehead atoms. The summed E-state index contributed by atoms with van der Waals surface area (Å²) in [6, 6.07) is 9.34. The van der Waals surface area contributed by atoms with Crippen LogP contribution in [0, 0.1) is 5.92 Å². The molecule has 34 heavy (non-hydrogen) atoms. The molecular weight excluding hydrogens is 422 g/mol. The third kappa shape index (κ3) is 4.89. The summed E-state index contributed by atoms with van der Waals surface area (Å²) >= 11 is 0. The highest BCUT2D eigenvalue weighted by molar-refractivity contribution is 5.97. The molecule has 2 atom stereocenters. The van der Waals surface area contributed by atoms with Gasteiger partial charge in [0.15, 0.2) is 5.78 Å². The third-order valence-corrected chi connectivity index (χ3v) is 8.12. The van der Waals surface area contributed by atoms with Crippen molar-refractivity contribution in [2.24, 2.45) is 5.92 Å². The van der Waals surface area contributed by atoms with Crippen LogP contribution in [0.3, 0.4) is 0 Å². The number of carbonyl (C=O) groups is 1. The Labute approximate surface area is 204 Å². The molecule has 0 radical (unpaired) electrons. The molecule has 2 aromatic rings. The van der Waals surface area contributed by atoms with Gasteiger partial charge in [-0.2, -0.15) is 0 Å². The molecule has 6 heteroatoms. The minimum absolute atomic E-state index is 0.0457. The molecular formula is C28H39N5O. The van der Waals surface area contributed by atoms with Gasteiger partial charge in [-0.25, -0.2) is 9.97 Å². The summed E-state index contributed by atoms with van der Waals surface area (Å²) in [5, 5.41) is 0. The second kappa shape index (κ2) is 10.1. The van der Waals surface area contributed by atoms with Crippen molar-refractivity contribution < 1.29 is 4.79 Å². The van der Waals surface area contributed by atoms with Crippen molar-refractivity contribution >= 4 is 11.7 Å². The Morgan fingerprint density at radius 2 is 1.56 bits per heavy atom. The van der Waals surface area contributed by atoms with E-state index in [2.05, 4.69) is 46.1 Å². The fraction of sp³-hybridized carbons (Fsp3) is 0.607. The highest BCUT2D eigenvalue weighted by Gasteiger charge is 2.40. The lowest BCUT2D eigenvalue weighted by Crippen LogP contribution is -2.54. The molecule has 3 fully saturated rings. The first-order chi connectivity index (χ1) is 16.5. The van der Waals surface area contributed by atoms with Crippen LogP contribution in [0.25, 0.3) is 0 Å². The van der Waals surface area contributed by atoms with E-state index in [9.17, 15) is 4.79 Å². The van der Waals surface area contributed by atoms with E-state index >= 15 is 0 Å². The fourth-order valence-electron chi connectivity index (χ4n) is 6.04. The van der Waals surface area contributed by atoms with Crippen molar-refractivity contribution in [1.29, 1.82) is 0 Å². The number of hydrogen-bond donors (Lipinski definition) is 0. The summed E-state index contributed by atoms with van der Waals surface area (Å²) < 4.78 is 0. The molecule has 3 aliphatic heterocycles. The molecule has 0 saturated carbocycles. The zero-order valence-corrected chi connectivity index (χ0v) is 21.0. The van der Waals surface area contributed by atoms with Crippen LogP contribution in [0.15, 0.2) is 36.7 Å². The number of Topliss-reactive ketones (excluding diaryl/α,β-unsaturated/α-hetero) is 1. The van der Waals surface area contributed by atoms with E-state index in [1.165, 1.54) is 24.0 Å². The van der Waals surface area contributed by atoms with Gasteiger partial charge >= 0.3 is 0 Å². The quantitative estimate of drug-likeness (QED) is 0.571. The van der Waals surface area contributed by atoms with E-state index in [-0.39, 0.29) is 11.7 Å². The van der Waals surface area contributed by atoms with Crippen LogP contribution >= 0.6 is 0 Å². The number of carbonyl (C=O) groups excluding carboxylic acids is 1. The van der Waals surface area contributed by atoms with E-state index in [4.69, 9.17) is 9.97 Å². The van der Waals surface area contributed by atoms with Crippen LogP contribution in [0.1, 0.15) is 73.9 Å². The molecule has 1 aromatic heterocycles. The van der Waals surface area contributed by atoms with Gasteiger partial charge < -0.3 is 4.90 Å². The number of hydrogen-bond acceptors (Lipinski definition) is 6. The van der Waals surface area contributed by atoms with Crippen molar-refractivity contribution in [3.8, 4) is 0 Å². The van der Waals surface area contributed by atoms with Crippen LogP contribution < -0.4 is 4.90 Å². The van der Waals surface area contributed by atoms with Gasteiger partial charge in [0.25, 0.3) is 0 Å². The van der Waals surface area contributed by atoms with Crippen LogP contribution in [-0.4, -0.2) is 70.4 Å². The molecule has 3 aliphatic rings. The van der Waals surface area contributed by atoms with E-state index in [1.54, 1.807) is 0 Å². The van der Waals surface area contributed by atoms with Gasteiger partial charge in [0, 0.05) is 55.6 Å². The number of anilines is 1. The molecule has 182 valence electrons. The zero-order valence-electron chi connectivity index (χ0n) is 21.0. The van der Waals surface area contributed by atoms with Gasteiger partial charge in [0.2, 0.25) is 5.95 Å². The number of fused-ring (bicyclic) bond motifs is 2. The number of rotatable bonds is 7. The Bertz CT molecular complexity index is 951. The summed E-state index contributed by atoms with van der Waals surface area (Å²) in [7, 11) is 0. The van der Waals surface area contributed by atoms with Crippen molar-refractivity contribution in [1.82, 2.24) is 19.8 Å². The molecule has 3 saturated heterocycles. The van der Waals surface area contributed by atoms with Gasteiger partial charge in [-0.05, 0) is 62.4 Å². The zero-order chi connectivity index (χ0) is 23.7. The minimum Gasteiger partial charge on any atom is -0.332 e.